The van der Waals surface area contributed by atoms with Gasteiger partial charge < -0.3 is 5.32 Å². The standard InChI is InChI=1S/C6H9ClN4O/c7-2-4-8-6(12)10-5-1-3-9-11-5/h1,3H,2,4H2,(H3,8,9,10,11,12). The van der Waals surface area contributed by atoms with Gasteiger partial charge in [0, 0.05) is 18.5 Å². The van der Waals surface area contributed by atoms with E-state index in [2.05, 4.69) is 20.8 Å². The highest BCUT2D eigenvalue weighted by atomic mass is 35.5. The normalized spacial score (nSPS) is 9.42. The lowest BCUT2D eigenvalue weighted by Gasteiger charge is -2.02. The highest BCUT2D eigenvalue weighted by Crippen LogP contribution is 1.96. The third kappa shape index (κ3) is 2.79. The second-order valence-electron chi connectivity index (χ2n) is 2.04. The summed E-state index contributed by atoms with van der Waals surface area (Å²) in [6.45, 7) is 0.446. The van der Waals surface area contributed by atoms with Crippen LogP contribution in [-0.4, -0.2) is 28.7 Å². The monoisotopic (exact) mass is 188 g/mol. The lowest BCUT2D eigenvalue weighted by atomic mass is 10.6. The lowest BCUT2D eigenvalue weighted by Crippen LogP contribution is -2.30. The summed E-state index contributed by atoms with van der Waals surface area (Å²) in [5.41, 5.74) is 0. The fourth-order valence-electron chi connectivity index (χ4n) is 0.653. The number of aromatic amines is 1. The molecule has 0 saturated heterocycles. The number of nitrogens with one attached hydrogen (secondary N) is 3. The van der Waals surface area contributed by atoms with Gasteiger partial charge in [-0.3, -0.25) is 10.4 Å². The molecule has 5 nitrogen and oxygen atoms in total. The number of urea groups is 1. The minimum atomic E-state index is -0.292. The Morgan fingerprint density at radius 1 is 1.75 bits per heavy atom. The first-order chi connectivity index (χ1) is 5.83. The van der Waals surface area contributed by atoms with Gasteiger partial charge in [-0.05, 0) is 0 Å². The van der Waals surface area contributed by atoms with Gasteiger partial charge in [-0.2, -0.15) is 5.10 Å². The molecule has 0 fully saturated rings. The average Bonchev–Trinajstić information content (AvgIpc) is 2.53. The van der Waals surface area contributed by atoms with Crippen LogP contribution in [0.1, 0.15) is 0 Å². The van der Waals surface area contributed by atoms with E-state index in [0.717, 1.165) is 0 Å². The molecule has 1 aromatic heterocycles. The Labute approximate surface area is 74.5 Å². The molecule has 2 amide bonds. The molecule has 0 saturated carbocycles. The van der Waals surface area contributed by atoms with Gasteiger partial charge in [0.25, 0.3) is 0 Å². The van der Waals surface area contributed by atoms with Crippen molar-refractivity contribution in [2.45, 2.75) is 0 Å². The highest BCUT2D eigenvalue weighted by Gasteiger charge is 1.99. The van der Waals surface area contributed by atoms with Crippen molar-refractivity contribution >= 4 is 23.4 Å². The van der Waals surface area contributed by atoms with Gasteiger partial charge in [0.05, 0.1) is 6.20 Å². The first-order valence-corrected chi connectivity index (χ1v) is 3.96. The van der Waals surface area contributed by atoms with Crippen LogP contribution in [-0.2, 0) is 0 Å². The molecule has 0 aromatic carbocycles. The van der Waals surface area contributed by atoms with Gasteiger partial charge >= 0.3 is 6.03 Å². The minimum Gasteiger partial charge on any atom is -0.337 e. The van der Waals surface area contributed by atoms with Crippen LogP contribution < -0.4 is 10.6 Å². The first kappa shape index (κ1) is 8.86. The molecule has 0 spiro atoms. The molecule has 0 aliphatic heterocycles. The van der Waals surface area contributed by atoms with Gasteiger partial charge in [-0.15, -0.1) is 11.6 Å². The quantitative estimate of drug-likeness (QED) is 0.614. The number of aromatic nitrogens is 2. The Balaban J connectivity index is 2.27. The molecule has 1 aromatic rings. The Kier molecular flexibility index (Phi) is 3.40. The fraction of sp³-hybridized carbons (Fsp3) is 0.333. The number of rotatable bonds is 3. The number of hydrogen-bond donors (Lipinski definition) is 3. The van der Waals surface area contributed by atoms with E-state index in [0.29, 0.717) is 18.2 Å². The van der Waals surface area contributed by atoms with Crippen molar-refractivity contribution in [1.29, 1.82) is 0 Å². The summed E-state index contributed by atoms with van der Waals surface area (Å²) in [7, 11) is 0. The number of carbonyl (C=O) groups is 1. The smallest absolute Gasteiger partial charge is 0.320 e. The number of alkyl halides is 1. The maximum absolute atomic E-state index is 10.9. The molecule has 1 heterocycles. The third-order valence-corrected chi connectivity index (χ3v) is 1.32. The van der Waals surface area contributed by atoms with Crippen LogP contribution in [0.2, 0.25) is 0 Å². The zero-order valence-electron chi connectivity index (χ0n) is 6.30. The molecule has 0 unspecified atom stereocenters. The van der Waals surface area contributed by atoms with Gasteiger partial charge in [-0.25, -0.2) is 4.79 Å². The van der Waals surface area contributed by atoms with E-state index in [-0.39, 0.29) is 6.03 Å². The van der Waals surface area contributed by atoms with E-state index < -0.39 is 0 Å². The molecule has 0 aliphatic rings. The Bertz CT molecular complexity index is 236. The average molecular weight is 189 g/mol. The Morgan fingerprint density at radius 3 is 3.17 bits per heavy atom. The number of halogens is 1. The number of hydrogen-bond acceptors (Lipinski definition) is 2. The molecular weight excluding hydrogens is 180 g/mol. The summed E-state index contributed by atoms with van der Waals surface area (Å²) < 4.78 is 0. The zero-order chi connectivity index (χ0) is 8.81. The highest BCUT2D eigenvalue weighted by molar-refractivity contribution is 6.18. The maximum Gasteiger partial charge on any atom is 0.320 e. The summed E-state index contributed by atoms with van der Waals surface area (Å²) in [4.78, 5) is 10.9. The second-order valence-corrected chi connectivity index (χ2v) is 2.42. The van der Waals surface area contributed by atoms with Crippen molar-refractivity contribution < 1.29 is 4.79 Å². The first-order valence-electron chi connectivity index (χ1n) is 3.43. The molecule has 0 radical (unpaired) electrons. The van der Waals surface area contributed by atoms with Gasteiger partial charge in [0.15, 0.2) is 0 Å². The van der Waals surface area contributed by atoms with Crippen molar-refractivity contribution in [2.24, 2.45) is 0 Å². The lowest BCUT2D eigenvalue weighted by molar-refractivity contribution is 0.252. The maximum atomic E-state index is 10.9. The van der Waals surface area contributed by atoms with Crippen LogP contribution in [0.5, 0.6) is 0 Å². The molecule has 3 N–H and O–H groups in total. The van der Waals surface area contributed by atoms with Gasteiger partial charge in [0.1, 0.15) is 5.82 Å². The van der Waals surface area contributed by atoms with E-state index in [4.69, 9.17) is 11.6 Å². The van der Waals surface area contributed by atoms with Crippen molar-refractivity contribution in [3.05, 3.63) is 12.3 Å². The molecule has 66 valence electrons. The van der Waals surface area contributed by atoms with Crippen molar-refractivity contribution in [3.63, 3.8) is 0 Å². The Hall–Kier alpha value is -1.23. The second kappa shape index (κ2) is 4.61. The number of nitrogens with zero attached hydrogens (tertiary/aromatic N) is 1. The third-order valence-electron chi connectivity index (χ3n) is 1.13. The summed E-state index contributed by atoms with van der Waals surface area (Å²) >= 11 is 5.36. The van der Waals surface area contributed by atoms with E-state index in [9.17, 15) is 4.79 Å². The molecule has 0 atom stereocenters. The number of amides is 2. The summed E-state index contributed by atoms with van der Waals surface area (Å²) in [6.07, 6.45) is 1.55. The van der Waals surface area contributed by atoms with Crippen LogP contribution in [0, 0.1) is 0 Å². The predicted octanol–water partition coefficient (Wildman–Crippen LogP) is 0.770. The SMILES string of the molecule is O=C(NCCCl)Nc1ccn[nH]1. The van der Waals surface area contributed by atoms with Crippen LogP contribution in [0.15, 0.2) is 12.3 Å². The summed E-state index contributed by atoms with van der Waals surface area (Å²) in [5.74, 6) is 0.957. The largest absolute Gasteiger partial charge is 0.337 e. The zero-order valence-corrected chi connectivity index (χ0v) is 7.06. The molecular formula is C6H9ClN4O. The van der Waals surface area contributed by atoms with Crippen molar-refractivity contribution in [1.82, 2.24) is 15.5 Å². The van der Waals surface area contributed by atoms with E-state index >= 15 is 0 Å². The summed E-state index contributed by atoms with van der Waals surface area (Å²) in [6, 6.07) is 1.36. The number of carbonyl (C=O) groups excluding carboxylic acids is 1. The van der Waals surface area contributed by atoms with E-state index in [1.807, 2.05) is 0 Å². The van der Waals surface area contributed by atoms with Crippen LogP contribution in [0.4, 0.5) is 10.6 Å². The van der Waals surface area contributed by atoms with Crippen molar-refractivity contribution in [2.75, 3.05) is 17.7 Å². The number of anilines is 1. The minimum absolute atomic E-state index is 0.292. The van der Waals surface area contributed by atoms with Crippen LogP contribution in [0.3, 0.4) is 0 Å². The van der Waals surface area contributed by atoms with Crippen molar-refractivity contribution in [3.8, 4) is 0 Å². The molecule has 6 heteroatoms. The van der Waals surface area contributed by atoms with E-state index in [1.165, 1.54) is 0 Å². The van der Waals surface area contributed by atoms with E-state index in [1.54, 1.807) is 12.3 Å². The molecule has 12 heavy (non-hydrogen) atoms. The van der Waals surface area contributed by atoms with Crippen LogP contribution in [0.25, 0.3) is 0 Å². The van der Waals surface area contributed by atoms with Crippen LogP contribution >= 0.6 is 11.6 Å². The predicted molar refractivity (Wildman–Crippen MR) is 46.3 cm³/mol. The number of H-pyrrole nitrogens is 1. The molecule has 0 aliphatic carbocycles. The van der Waals surface area contributed by atoms with Gasteiger partial charge in [-0.1, -0.05) is 0 Å². The fourth-order valence-corrected chi connectivity index (χ4v) is 0.747. The molecule has 0 bridgehead atoms. The summed E-state index contributed by atoms with van der Waals surface area (Å²) in [5, 5.41) is 11.3. The topological polar surface area (TPSA) is 69.8 Å². The Morgan fingerprint density at radius 2 is 2.58 bits per heavy atom. The molecule has 1 rings (SSSR count). The van der Waals surface area contributed by atoms with Gasteiger partial charge in [0.2, 0.25) is 0 Å².